The van der Waals surface area contributed by atoms with Crippen LogP contribution in [0.15, 0.2) is 82.0 Å². The maximum absolute atomic E-state index is 13.6. The van der Waals surface area contributed by atoms with E-state index in [0.717, 1.165) is 29.8 Å². The number of ketones is 2. The van der Waals surface area contributed by atoms with Crippen molar-refractivity contribution >= 4 is 21.7 Å². The third-order valence-electron chi connectivity index (χ3n) is 7.63. The molecule has 1 heterocycles. The zero-order valence-corrected chi connectivity index (χ0v) is 22.8. The summed E-state index contributed by atoms with van der Waals surface area (Å²) in [5.74, 6) is -0.150. The number of Topliss-reactive ketones (excluding diaryl/α,β-unsaturated/α-hetero) is 2. The first kappa shape index (κ1) is 25.5. The van der Waals surface area contributed by atoms with Crippen molar-refractivity contribution in [3.05, 3.63) is 82.7 Å². The SMILES string of the molecule is CN1C2=C(C(=O)CC(C)(C)C2)C(c2ccc(OS(=O)(=O)c3ccccc3)cc2)C2=C1CC(C)(C)CC2=O. The Labute approximate surface area is 219 Å². The first-order valence-electron chi connectivity index (χ1n) is 12.6. The minimum Gasteiger partial charge on any atom is -0.379 e. The maximum Gasteiger partial charge on any atom is 0.339 e. The Balaban J connectivity index is 1.58. The van der Waals surface area contributed by atoms with Crippen LogP contribution in [0.5, 0.6) is 5.75 Å². The summed E-state index contributed by atoms with van der Waals surface area (Å²) in [6.07, 6.45) is 2.36. The molecule has 194 valence electrons. The van der Waals surface area contributed by atoms with E-state index in [0.29, 0.717) is 24.0 Å². The highest BCUT2D eigenvalue weighted by atomic mass is 32.2. The van der Waals surface area contributed by atoms with Gasteiger partial charge in [0.1, 0.15) is 10.6 Å². The van der Waals surface area contributed by atoms with Crippen molar-refractivity contribution in [3.8, 4) is 5.75 Å². The van der Waals surface area contributed by atoms with Gasteiger partial charge < -0.3 is 9.08 Å². The Morgan fingerprint density at radius 1 is 0.757 bits per heavy atom. The topological polar surface area (TPSA) is 80.8 Å². The van der Waals surface area contributed by atoms with Gasteiger partial charge in [0.05, 0.1) is 0 Å². The molecule has 0 amide bonds. The standard InChI is InChI=1S/C30H33NO5S/c1-29(2)15-22-27(24(32)17-29)26(28-23(31(22)5)16-30(3,4)18-25(28)33)19-11-13-20(14-12-19)36-37(34,35)21-9-7-6-8-10-21/h6-14,26H,15-18H2,1-5H3. The van der Waals surface area contributed by atoms with Crippen molar-refractivity contribution in [2.24, 2.45) is 10.8 Å². The number of benzene rings is 2. The molecule has 37 heavy (non-hydrogen) atoms. The summed E-state index contributed by atoms with van der Waals surface area (Å²) >= 11 is 0. The molecule has 0 saturated heterocycles. The number of nitrogens with zero attached hydrogens (tertiary/aromatic N) is 1. The lowest BCUT2D eigenvalue weighted by molar-refractivity contribution is -0.119. The summed E-state index contributed by atoms with van der Waals surface area (Å²) in [6.45, 7) is 8.43. The lowest BCUT2D eigenvalue weighted by Crippen LogP contribution is -2.43. The second-order valence-electron chi connectivity index (χ2n) is 12.0. The summed E-state index contributed by atoms with van der Waals surface area (Å²) in [5.41, 5.74) is 3.83. The van der Waals surface area contributed by atoms with Gasteiger partial charge in [0.25, 0.3) is 0 Å². The molecule has 2 aromatic rings. The van der Waals surface area contributed by atoms with Crippen LogP contribution in [0.4, 0.5) is 0 Å². The number of hydrogen-bond acceptors (Lipinski definition) is 6. The Hall–Kier alpha value is -3.19. The van der Waals surface area contributed by atoms with Crippen LogP contribution in [0, 0.1) is 10.8 Å². The van der Waals surface area contributed by atoms with Crippen molar-refractivity contribution in [2.75, 3.05) is 7.05 Å². The summed E-state index contributed by atoms with van der Waals surface area (Å²) in [4.78, 5) is 29.3. The van der Waals surface area contributed by atoms with Gasteiger partial charge in [0.15, 0.2) is 11.6 Å². The monoisotopic (exact) mass is 519 g/mol. The number of carbonyl (C=O) groups excluding carboxylic acids is 2. The number of hydrogen-bond donors (Lipinski definition) is 0. The molecule has 1 aliphatic heterocycles. The molecule has 7 heteroatoms. The smallest absolute Gasteiger partial charge is 0.339 e. The molecule has 0 aromatic heterocycles. The second kappa shape index (κ2) is 8.69. The van der Waals surface area contributed by atoms with Crippen molar-refractivity contribution in [1.29, 1.82) is 0 Å². The first-order valence-corrected chi connectivity index (χ1v) is 14.0. The largest absolute Gasteiger partial charge is 0.379 e. The van der Waals surface area contributed by atoms with Gasteiger partial charge in [-0.15, -0.1) is 0 Å². The molecule has 5 rings (SSSR count). The summed E-state index contributed by atoms with van der Waals surface area (Å²) in [7, 11) is -1.99. The second-order valence-corrected chi connectivity index (χ2v) is 13.6. The van der Waals surface area contributed by atoms with E-state index in [1.807, 2.05) is 7.05 Å². The molecule has 3 aliphatic rings. The van der Waals surface area contributed by atoms with Crippen LogP contribution in [0.1, 0.15) is 64.9 Å². The van der Waals surface area contributed by atoms with Crippen LogP contribution in [-0.2, 0) is 19.7 Å². The number of allylic oxidation sites excluding steroid dienone is 4. The Morgan fingerprint density at radius 3 is 1.73 bits per heavy atom. The molecule has 2 aliphatic carbocycles. The van der Waals surface area contributed by atoms with Crippen molar-refractivity contribution in [2.45, 2.75) is 64.2 Å². The van der Waals surface area contributed by atoms with Crippen LogP contribution in [0.25, 0.3) is 0 Å². The van der Waals surface area contributed by atoms with Gasteiger partial charge in [-0.05, 0) is 53.5 Å². The lowest BCUT2D eigenvalue weighted by atomic mass is 9.64. The van der Waals surface area contributed by atoms with E-state index in [1.165, 1.54) is 12.1 Å². The minimum absolute atomic E-state index is 0.0688. The summed E-state index contributed by atoms with van der Waals surface area (Å²) in [5, 5.41) is 0. The highest BCUT2D eigenvalue weighted by molar-refractivity contribution is 7.87. The summed E-state index contributed by atoms with van der Waals surface area (Å²) < 4.78 is 30.7. The molecule has 0 fully saturated rings. The molecular formula is C30H33NO5S. The average molecular weight is 520 g/mol. The van der Waals surface area contributed by atoms with Gasteiger partial charge in [0.2, 0.25) is 0 Å². The zero-order chi connectivity index (χ0) is 26.8. The van der Waals surface area contributed by atoms with E-state index < -0.39 is 16.0 Å². The van der Waals surface area contributed by atoms with E-state index in [9.17, 15) is 18.0 Å². The van der Waals surface area contributed by atoms with E-state index in [2.05, 4.69) is 32.6 Å². The highest BCUT2D eigenvalue weighted by Gasteiger charge is 2.48. The fourth-order valence-electron chi connectivity index (χ4n) is 5.98. The quantitative estimate of drug-likeness (QED) is 0.477. The molecule has 0 atom stereocenters. The van der Waals surface area contributed by atoms with Crippen LogP contribution in [0.3, 0.4) is 0 Å². The van der Waals surface area contributed by atoms with Gasteiger partial charge in [-0.3, -0.25) is 9.59 Å². The number of rotatable bonds is 4. The van der Waals surface area contributed by atoms with Crippen molar-refractivity contribution in [1.82, 2.24) is 4.90 Å². The Kier molecular flexibility index (Phi) is 5.98. The number of carbonyl (C=O) groups is 2. The van der Waals surface area contributed by atoms with Crippen LogP contribution in [0.2, 0.25) is 0 Å². The van der Waals surface area contributed by atoms with Gasteiger partial charge in [0, 0.05) is 48.3 Å². The van der Waals surface area contributed by atoms with E-state index in [4.69, 9.17) is 4.18 Å². The van der Waals surface area contributed by atoms with Crippen LogP contribution in [-0.4, -0.2) is 31.9 Å². The Bertz CT molecular complexity index is 1390. The van der Waals surface area contributed by atoms with Gasteiger partial charge in [-0.2, -0.15) is 8.42 Å². The molecule has 0 spiro atoms. The normalized spacial score (nSPS) is 21.6. The van der Waals surface area contributed by atoms with E-state index in [1.54, 1.807) is 42.5 Å². The lowest BCUT2D eigenvalue weighted by Gasteiger charge is -2.47. The molecule has 2 aromatic carbocycles. The average Bonchev–Trinajstić information content (AvgIpc) is 2.80. The van der Waals surface area contributed by atoms with Gasteiger partial charge in [-0.1, -0.05) is 58.0 Å². The molecule has 0 unspecified atom stereocenters. The molecule has 0 radical (unpaired) electrons. The molecular weight excluding hydrogens is 486 g/mol. The summed E-state index contributed by atoms with van der Waals surface area (Å²) in [6, 6.07) is 14.7. The third-order valence-corrected chi connectivity index (χ3v) is 8.89. The van der Waals surface area contributed by atoms with E-state index >= 15 is 0 Å². The van der Waals surface area contributed by atoms with Gasteiger partial charge in [-0.25, -0.2) is 0 Å². The molecule has 0 saturated carbocycles. The fourth-order valence-corrected chi connectivity index (χ4v) is 6.93. The minimum atomic E-state index is -3.97. The molecule has 6 nitrogen and oxygen atoms in total. The predicted molar refractivity (Wildman–Crippen MR) is 141 cm³/mol. The highest BCUT2D eigenvalue weighted by Crippen LogP contribution is 2.53. The maximum atomic E-state index is 13.6. The molecule has 0 bridgehead atoms. The van der Waals surface area contributed by atoms with Crippen molar-refractivity contribution in [3.63, 3.8) is 0 Å². The third kappa shape index (κ3) is 4.65. The zero-order valence-electron chi connectivity index (χ0n) is 22.0. The van der Waals surface area contributed by atoms with Crippen LogP contribution < -0.4 is 4.18 Å². The Morgan fingerprint density at radius 2 is 1.24 bits per heavy atom. The van der Waals surface area contributed by atoms with Gasteiger partial charge >= 0.3 is 10.1 Å². The van der Waals surface area contributed by atoms with E-state index in [-0.39, 0.29) is 33.0 Å². The van der Waals surface area contributed by atoms with Crippen LogP contribution >= 0.6 is 0 Å². The first-order chi connectivity index (χ1) is 17.3. The predicted octanol–water partition coefficient (Wildman–Crippen LogP) is 5.77. The fraction of sp³-hybridized carbons (Fsp3) is 0.400. The molecule has 0 N–H and O–H groups in total. The van der Waals surface area contributed by atoms with Crippen molar-refractivity contribution < 1.29 is 22.2 Å².